The largest absolute Gasteiger partial charge is 0.456 e. The Labute approximate surface area is 330 Å². The van der Waals surface area contributed by atoms with Gasteiger partial charge in [-0.05, 0) is 77.9 Å². The number of thiophene rings is 1. The van der Waals surface area contributed by atoms with Crippen LogP contribution in [0.25, 0.3) is 115 Å². The summed E-state index contributed by atoms with van der Waals surface area (Å²) >= 11 is 1.81. The maximum atomic E-state index is 6.52. The van der Waals surface area contributed by atoms with Crippen LogP contribution < -0.4 is 0 Å². The van der Waals surface area contributed by atoms with Crippen LogP contribution in [0.15, 0.2) is 186 Å². The molecule has 0 aliphatic rings. The summed E-state index contributed by atoms with van der Waals surface area (Å²) in [6, 6.07) is 63.9. The number of fused-ring (bicyclic) bond motifs is 9. The zero-order valence-electron chi connectivity index (χ0n) is 30.4. The maximum absolute atomic E-state index is 6.52. The van der Waals surface area contributed by atoms with Gasteiger partial charge in [-0.25, -0.2) is 15.0 Å². The fourth-order valence-corrected chi connectivity index (χ4v) is 9.39. The number of furan rings is 1. The number of aromatic nitrogens is 4. The predicted octanol–water partition coefficient (Wildman–Crippen LogP) is 13.9. The molecule has 0 amide bonds. The highest BCUT2D eigenvalue weighted by molar-refractivity contribution is 7.25. The van der Waals surface area contributed by atoms with E-state index in [0.29, 0.717) is 17.5 Å². The van der Waals surface area contributed by atoms with Gasteiger partial charge in [0.25, 0.3) is 0 Å². The Morgan fingerprint density at radius 3 is 1.49 bits per heavy atom. The van der Waals surface area contributed by atoms with Crippen molar-refractivity contribution >= 4 is 75.3 Å². The van der Waals surface area contributed by atoms with E-state index in [-0.39, 0.29) is 0 Å². The Morgan fingerprint density at radius 2 is 0.860 bits per heavy atom. The molecule has 57 heavy (non-hydrogen) atoms. The first-order valence-corrected chi connectivity index (χ1v) is 19.8. The van der Waals surface area contributed by atoms with E-state index in [2.05, 4.69) is 126 Å². The number of nitrogens with zero attached hydrogens (tertiary/aromatic N) is 4. The summed E-state index contributed by atoms with van der Waals surface area (Å²) in [5, 5.41) is 7.09. The van der Waals surface area contributed by atoms with Crippen molar-refractivity contribution in [3.8, 4) is 51.0 Å². The van der Waals surface area contributed by atoms with Gasteiger partial charge in [-0.1, -0.05) is 109 Å². The lowest BCUT2D eigenvalue weighted by Gasteiger charge is -2.08. The lowest BCUT2D eigenvalue weighted by Crippen LogP contribution is -2.00. The van der Waals surface area contributed by atoms with E-state index < -0.39 is 0 Å². The number of para-hydroxylation sites is 2. The van der Waals surface area contributed by atoms with E-state index >= 15 is 0 Å². The SMILES string of the molecule is c1ccc(-c2nc(-c3ccccc3)nc(-c3ccc4sc5ccc(-c6ccc7oc8cc(-n9c%10ccccc%10c%10ccccc%109)ccc8c7c6)cc5c4c3)n2)cc1. The summed E-state index contributed by atoms with van der Waals surface area (Å²) in [7, 11) is 0. The molecular formula is C51H30N4OS. The number of rotatable bonds is 5. The van der Waals surface area contributed by atoms with Crippen LogP contribution in [-0.2, 0) is 0 Å². The monoisotopic (exact) mass is 746 g/mol. The minimum atomic E-state index is 0.652. The molecular weight excluding hydrogens is 717 g/mol. The zero-order valence-corrected chi connectivity index (χ0v) is 31.2. The van der Waals surface area contributed by atoms with Gasteiger partial charge in [-0.15, -0.1) is 11.3 Å². The van der Waals surface area contributed by atoms with Crippen LogP contribution in [-0.4, -0.2) is 19.5 Å². The van der Waals surface area contributed by atoms with E-state index in [9.17, 15) is 0 Å². The fourth-order valence-electron chi connectivity index (χ4n) is 8.32. The lowest BCUT2D eigenvalue weighted by atomic mass is 10.00. The molecule has 4 aromatic heterocycles. The highest BCUT2D eigenvalue weighted by atomic mass is 32.1. The third kappa shape index (κ3) is 5.19. The molecule has 8 aromatic carbocycles. The van der Waals surface area contributed by atoms with Gasteiger partial charge < -0.3 is 8.98 Å². The average molecular weight is 747 g/mol. The van der Waals surface area contributed by atoms with Crippen LogP contribution in [0.1, 0.15) is 0 Å². The van der Waals surface area contributed by atoms with Crippen LogP contribution in [0.4, 0.5) is 0 Å². The van der Waals surface area contributed by atoms with Crippen molar-refractivity contribution in [1.29, 1.82) is 0 Å². The van der Waals surface area contributed by atoms with Gasteiger partial charge in [0.05, 0.1) is 11.0 Å². The quantitative estimate of drug-likeness (QED) is 0.176. The summed E-state index contributed by atoms with van der Waals surface area (Å²) in [5.41, 5.74) is 10.4. The molecule has 0 saturated carbocycles. The molecule has 4 heterocycles. The summed E-state index contributed by atoms with van der Waals surface area (Å²) in [5.74, 6) is 1.96. The van der Waals surface area contributed by atoms with Crippen LogP contribution in [0.3, 0.4) is 0 Å². The molecule has 0 atom stereocenters. The van der Waals surface area contributed by atoms with Crippen LogP contribution in [0, 0.1) is 0 Å². The minimum Gasteiger partial charge on any atom is -0.456 e. The topological polar surface area (TPSA) is 56.7 Å². The first-order chi connectivity index (χ1) is 28.2. The smallest absolute Gasteiger partial charge is 0.164 e. The Hall–Kier alpha value is -7.41. The van der Waals surface area contributed by atoms with Crippen molar-refractivity contribution in [2.45, 2.75) is 0 Å². The molecule has 0 unspecified atom stereocenters. The molecule has 12 aromatic rings. The normalized spacial score (nSPS) is 11.9. The molecule has 0 spiro atoms. The van der Waals surface area contributed by atoms with E-state index in [0.717, 1.165) is 55.4 Å². The van der Waals surface area contributed by atoms with Crippen molar-refractivity contribution in [1.82, 2.24) is 19.5 Å². The van der Waals surface area contributed by atoms with Crippen LogP contribution in [0.5, 0.6) is 0 Å². The third-order valence-corrected chi connectivity index (χ3v) is 12.2. The second-order valence-electron chi connectivity index (χ2n) is 14.4. The van der Waals surface area contributed by atoms with Crippen molar-refractivity contribution < 1.29 is 4.42 Å². The second-order valence-corrected chi connectivity index (χ2v) is 15.5. The Bertz CT molecular complexity index is 3420. The fraction of sp³-hybridized carbons (Fsp3) is 0. The Kier molecular flexibility index (Phi) is 7.03. The number of hydrogen-bond acceptors (Lipinski definition) is 5. The van der Waals surface area contributed by atoms with Crippen LogP contribution in [0.2, 0.25) is 0 Å². The highest BCUT2D eigenvalue weighted by Gasteiger charge is 2.17. The summed E-state index contributed by atoms with van der Waals surface area (Å²) < 4.78 is 11.3. The predicted molar refractivity (Wildman–Crippen MR) is 236 cm³/mol. The van der Waals surface area contributed by atoms with Crippen molar-refractivity contribution in [3.05, 3.63) is 182 Å². The van der Waals surface area contributed by atoms with Gasteiger partial charge >= 0.3 is 0 Å². The molecule has 0 N–H and O–H groups in total. The molecule has 5 nitrogen and oxygen atoms in total. The zero-order chi connectivity index (χ0) is 37.5. The van der Waals surface area contributed by atoms with Gasteiger partial charge in [0.2, 0.25) is 0 Å². The number of hydrogen-bond donors (Lipinski definition) is 0. The summed E-state index contributed by atoms with van der Waals surface area (Å²) in [6.45, 7) is 0. The molecule has 0 aliphatic heterocycles. The minimum absolute atomic E-state index is 0.652. The van der Waals surface area contributed by atoms with Crippen molar-refractivity contribution in [2.24, 2.45) is 0 Å². The van der Waals surface area contributed by atoms with Gasteiger partial charge in [-0.2, -0.15) is 0 Å². The number of benzene rings is 8. The molecule has 6 heteroatoms. The van der Waals surface area contributed by atoms with Crippen molar-refractivity contribution in [3.63, 3.8) is 0 Å². The summed E-state index contributed by atoms with van der Waals surface area (Å²) in [6.07, 6.45) is 0. The third-order valence-electron chi connectivity index (χ3n) is 11.1. The Balaban J connectivity index is 0.952. The molecule has 12 rings (SSSR count). The standard InChI is InChI=1S/C51H30N4OS/c1-3-11-31(12-4-1)49-52-50(32-13-5-2-6-14-32)54-51(53-49)35-21-26-48-42(29-35)41-28-34(20-25-47(41)57-48)33-19-24-45-40(27-33)39-23-22-36(30-46(39)56-45)55-43-17-9-7-15-37(43)38-16-8-10-18-44(38)55/h1-30H. The maximum Gasteiger partial charge on any atom is 0.164 e. The van der Waals surface area contributed by atoms with E-state index in [1.807, 2.05) is 60.7 Å². The molecule has 0 radical (unpaired) electrons. The molecule has 0 saturated heterocycles. The molecule has 266 valence electrons. The van der Waals surface area contributed by atoms with E-state index in [1.165, 1.54) is 42.0 Å². The van der Waals surface area contributed by atoms with Crippen LogP contribution >= 0.6 is 11.3 Å². The first-order valence-electron chi connectivity index (χ1n) is 19.0. The van der Waals surface area contributed by atoms with Gasteiger partial charge in [0.15, 0.2) is 17.5 Å². The van der Waals surface area contributed by atoms with Crippen molar-refractivity contribution in [2.75, 3.05) is 0 Å². The molecule has 0 bridgehead atoms. The Morgan fingerprint density at radius 1 is 0.351 bits per heavy atom. The second kappa shape index (κ2) is 12.6. The summed E-state index contributed by atoms with van der Waals surface area (Å²) in [4.78, 5) is 14.9. The lowest BCUT2D eigenvalue weighted by molar-refractivity contribution is 0.668. The first kappa shape index (κ1) is 31.9. The molecule has 0 fully saturated rings. The van der Waals surface area contributed by atoms with Gasteiger partial charge in [-0.3, -0.25) is 0 Å². The molecule has 0 aliphatic carbocycles. The van der Waals surface area contributed by atoms with E-state index in [1.54, 1.807) is 11.3 Å². The average Bonchev–Trinajstić information content (AvgIpc) is 3.95. The van der Waals surface area contributed by atoms with E-state index in [4.69, 9.17) is 19.4 Å². The van der Waals surface area contributed by atoms with Gasteiger partial charge in [0.1, 0.15) is 11.2 Å². The van der Waals surface area contributed by atoms with Gasteiger partial charge in [0, 0.05) is 70.2 Å². The highest BCUT2D eigenvalue weighted by Crippen LogP contribution is 2.41.